The Morgan fingerprint density at radius 1 is 0.837 bits per heavy atom. The number of hydrogen-bond acceptors (Lipinski definition) is 4. The van der Waals surface area contributed by atoms with Crippen LogP contribution in [0.5, 0.6) is 0 Å². The van der Waals surface area contributed by atoms with E-state index in [2.05, 4.69) is 20.9 Å². The Morgan fingerprint density at radius 2 is 1.56 bits per heavy atom. The first-order valence-electron chi connectivity index (χ1n) is 14.1. The lowest BCUT2D eigenvalue weighted by atomic mass is 10.0. The Balaban J connectivity index is 1.51. The van der Waals surface area contributed by atoms with Crippen molar-refractivity contribution in [3.8, 4) is 0 Å². The SMILES string of the molecule is CC(C)C[C@@H](NC(=O)/C=C/c1ccc(Cl)cc1)C(=O)N[C@H](CCc1ccccc1)C(=O)Nc1ccnc2cc(Cl)ccc12. The standard InChI is InChI=1S/C34H34Cl2N4O3/c1-22(2)20-31(38-32(41)17-11-24-8-12-25(35)13-9-24)34(43)40-29(16-10-23-6-4-3-5-7-23)33(42)39-28-18-19-37-30-21-26(36)14-15-27(28)30/h3-9,11-15,17-19,21-22,29,31H,10,16,20H2,1-2H3,(H,38,41)(H,40,43)(H,37,39,42)/b17-11+/t29-,31-/m1/s1. The third-order valence-electron chi connectivity index (χ3n) is 6.80. The van der Waals surface area contributed by atoms with Crippen LogP contribution in [-0.2, 0) is 20.8 Å². The van der Waals surface area contributed by atoms with Gasteiger partial charge in [0.2, 0.25) is 17.7 Å². The van der Waals surface area contributed by atoms with Crippen molar-refractivity contribution in [3.63, 3.8) is 0 Å². The number of carbonyl (C=O) groups is 3. The lowest BCUT2D eigenvalue weighted by molar-refractivity contribution is -0.130. The van der Waals surface area contributed by atoms with E-state index in [1.54, 1.807) is 60.8 Å². The van der Waals surface area contributed by atoms with Crippen LogP contribution in [0.1, 0.15) is 37.8 Å². The topological polar surface area (TPSA) is 100 Å². The van der Waals surface area contributed by atoms with E-state index in [-0.39, 0.29) is 11.8 Å². The maximum Gasteiger partial charge on any atom is 0.246 e. The third kappa shape index (κ3) is 9.66. The second-order valence-corrected chi connectivity index (χ2v) is 11.5. The number of amides is 3. The maximum absolute atomic E-state index is 13.7. The van der Waals surface area contributed by atoms with Crippen LogP contribution in [0.2, 0.25) is 10.0 Å². The van der Waals surface area contributed by atoms with Crippen LogP contribution in [0.4, 0.5) is 5.69 Å². The molecule has 4 rings (SSSR count). The number of hydrogen-bond donors (Lipinski definition) is 3. The molecule has 9 heteroatoms. The van der Waals surface area contributed by atoms with Crippen LogP contribution in [-0.4, -0.2) is 34.8 Å². The van der Waals surface area contributed by atoms with Gasteiger partial charge in [-0.15, -0.1) is 0 Å². The lowest BCUT2D eigenvalue weighted by Crippen LogP contribution is -2.53. The zero-order valence-corrected chi connectivity index (χ0v) is 25.5. The van der Waals surface area contributed by atoms with Gasteiger partial charge < -0.3 is 16.0 Å². The second kappa shape index (κ2) is 15.3. The number of pyridine rings is 1. The average Bonchev–Trinajstić information content (AvgIpc) is 2.98. The monoisotopic (exact) mass is 616 g/mol. The van der Waals surface area contributed by atoms with Crippen molar-refractivity contribution < 1.29 is 14.4 Å². The Hall–Kier alpha value is -4.20. The minimum atomic E-state index is -0.862. The van der Waals surface area contributed by atoms with Crippen LogP contribution in [0.15, 0.2) is 91.1 Å². The molecule has 3 N–H and O–H groups in total. The molecule has 4 aromatic rings. The van der Waals surface area contributed by atoms with Gasteiger partial charge in [0.1, 0.15) is 12.1 Å². The first kappa shape index (κ1) is 31.7. The number of halogens is 2. The highest BCUT2D eigenvalue weighted by Crippen LogP contribution is 2.25. The molecule has 0 spiro atoms. The van der Waals surface area contributed by atoms with E-state index in [0.29, 0.717) is 40.5 Å². The van der Waals surface area contributed by atoms with Gasteiger partial charge in [-0.05, 0) is 78.8 Å². The summed E-state index contributed by atoms with van der Waals surface area (Å²) in [6, 6.07) is 22.1. The molecule has 1 heterocycles. The fourth-order valence-electron chi connectivity index (χ4n) is 4.62. The Bertz CT molecular complexity index is 1590. The number of benzene rings is 3. The summed E-state index contributed by atoms with van der Waals surface area (Å²) in [7, 11) is 0. The first-order chi connectivity index (χ1) is 20.7. The van der Waals surface area contributed by atoms with Crippen LogP contribution in [0.25, 0.3) is 17.0 Å². The van der Waals surface area contributed by atoms with Crippen molar-refractivity contribution in [1.29, 1.82) is 0 Å². The lowest BCUT2D eigenvalue weighted by Gasteiger charge is -2.24. The highest BCUT2D eigenvalue weighted by atomic mass is 35.5. The zero-order chi connectivity index (χ0) is 30.8. The molecular weight excluding hydrogens is 583 g/mol. The molecule has 2 atom stereocenters. The van der Waals surface area contributed by atoms with Crippen LogP contribution >= 0.6 is 23.2 Å². The summed E-state index contributed by atoms with van der Waals surface area (Å²) >= 11 is 12.1. The summed E-state index contributed by atoms with van der Waals surface area (Å²) in [6.07, 6.45) is 5.95. The minimum Gasteiger partial charge on any atom is -0.342 e. The molecule has 0 aliphatic carbocycles. The van der Waals surface area contributed by atoms with Gasteiger partial charge >= 0.3 is 0 Å². The smallest absolute Gasteiger partial charge is 0.246 e. The Kier molecular flexibility index (Phi) is 11.3. The Labute approximate surface area is 261 Å². The molecule has 1 aromatic heterocycles. The molecule has 7 nitrogen and oxygen atoms in total. The third-order valence-corrected chi connectivity index (χ3v) is 7.28. The molecule has 43 heavy (non-hydrogen) atoms. The van der Waals surface area contributed by atoms with E-state index in [4.69, 9.17) is 23.2 Å². The number of fused-ring (bicyclic) bond motifs is 1. The van der Waals surface area contributed by atoms with E-state index in [1.165, 1.54) is 6.08 Å². The van der Waals surface area contributed by atoms with Gasteiger partial charge in [0.05, 0.1) is 11.2 Å². The molecule has 0 fully saturated rings. The number of aromatic nitrogens is 1. The van der Waals surface area contributed by atoms with Gasteiger partial charge in [0.15, 0.2) is 0 Å². The molecule has 0 aliphatic rings. The van der Waals surface area contributed by atoms with Crippen LogP contribution in [0, 0.1) is 5.92 Å². The average molecular weight is 618 g/mol. The summed E-state index contributed by atoms with van der Waals surface area (Å²) in [4.78, 5) is 44.4. The number of anilines is 1. The molecule has 0 bridgehead atoms. The van der Waals surface area contributed by atoms with Crippen LogP contribution < -0.4 is 16.0 Å². The van der Waals surface area contributed by atoms with Crippen molar-refractivity contribution in [2.45, 2.75) is 45.2 Å². The van der Waals surface area contributed by atoms with Crippen LogP contribution in [0.3, 0.4) is 0 Å². The summed E-state index contributed by atoms with van der Waals surface area (Å²) in [6.45, 7) is 3.94. The number of aryl methyl sites for hydroxylation is 1. The van der Waals surface area contributed by atoms with Crippen molar-refractivity contribution in [1.82, 2.24) is 15.6 Å². The van der Waals surface area contributed by atoms with E-state index in [1.807, 2.05) is 44.2 Å². The van der Waals surface area contributed by atoms with E-state index in [9.17, 15) is 14.4 Å². The molecule has 3 amide bonds. The van der Waals surface area contributed by atoms with Crippen molar-refractivity contribution >= 4 is 63.6 Å². The summed E-state index contributed by atoms with van der Waals surface area (Å²) < 4.78 is 0. The molecule has 0 radical (unpaired) electrons. The first-order valence-corrected chi connectivity index (χ1v) is 14.9. The van der Waals surface area contributed by atoms with Gasteiger partial charge in [-0.2, -0.15) is 0 Å². The molecule has 0 unspecified atom stereocenters. The predicted octanol–water partition coefficient (Wildman–Crippen LogP) is 6.84. The largest absolute Gasteiger partial charge is 0.342 e. The molecule has 0 saturated heterocycles. The van der Waals surface area contributed by atoms with Crippen molar-refractivity contribution in [3.05, 3.63) is 112 Å². The normalized spacial score (nSPS) is 12.7. The van der Waals surface area contributed by atoms with Gasteiger partial charge in [-0.1, -0.05) is 79.5 Å². The molecule has 222 valence electrons. The highest BCUT2D eigenvalue weighted by molar-refractivity contribution is 6.31. The summed E-state index contributed by atoms with van der Waals surface area (Å²) in [5, 5.41) is 10.6. The molecule has 3 aromatic carbocycles. The maximum atomic E-state index is 13.7. The number of nitrogens with zero attached hydrogens (tertiary/aromatic N) is 1. The second-order valence-electron chi connectivity index (χ2n) is 10.7. The van der Waals surface area contributed by atoms with E-state index < -0.39 is 23.9 Å². The number of carbonyl (C=O) groups excluding carboxylic acids is 3. The van der Waals surface area contributed by atoms with Gasteiger partial charge in [-0.3, -0.25) is 19.4 Å². The number of nitrogens with one attached hydrogen (secondary N) is 3. The quantitative estimate of drug-likeness (QED) is 0.152. The zero-order valence-electron chi connectivity index (χ0n) is 24.0. The summed E-state index contributed by atoms with van der Waals surface area (Å²) in [5.74, 6) is -1.10. The summed E-state index contributed by atoms with van der Waals surface area (Å²) in [5.41, 5.74) is 3.04. The fourth-order valence-corrected chi connectivity index (χ4v) is 4.91. The molecule has 0 aliphatic heterocycles. The minimum absolute atomic E-state index is 0.114. The Morgan fingerprint density at radius 3 is 2.28 bits per heavy atom. The van der Waals surface area contributed by atoms with Gasteiger partial charge in [0.25, 0.3) is 0 Å². The highest BCUT2D eigenvalue weighted by Gasteiger charge is 2.27. The van der Waals surface area contributed by atoms with Gasteiger partial charge in [-0.25, -0.2) is 0 Å². The van der Waals surface area contributed by atoms with E-state index >= 15 is 0 Å². The van der Waals surface area contributed by atoms with Crippen molar-refractivity contribution in [2.24, 2.45) is 5.92 Å². The van der Waals surface area contributed by atoms with Crippen molar-refractivity contribution in [2.75, 3.05) is 5.32 Å². The van der Waals surface area contributed by atoms with Gasteiger partial charge in [0, 0.05) is 27.7 Å². The fraction of sp³-hybridized carbons (Fsp3) is 0.235. The number of rotatable bonds is 12. The predicted molar refractivity (Wildman–Crippen MR) is 174 cm³/mol. The molecular formula is C34H34Cl2N4O3. The van der Waals surface area contributed by atoms with E-state index in [0.717, 1.165) is 16.5 Å². The molecule has 0 saturated carbocycles.